The van der Waals surface area contributed by atoms with Gasteiger partial charge in [0.1, 0.15) is 5.56 Å². The molecule has 0 radical (unpaired) electrons. The molecule has 0 amide bonds. The molecular weight excluding hydrogens is 329 g/mol. The zero-order valence-corrected chi connectivity index (χ0v) is 13.0. The highest BCUT2D eigenvalue weighted by Gasteiger charge is 2.31. The first-order valence-corrected chi connectivity index (χ1v) is 7.45. The Morgan fingerprint density at radius 2 is 2.09 bits per heavy atom. The summed E-state index contributed by atoms with van der Waals surface area (Å²) in [5.74, 6) is -1.50. The Labute approximate surface area is 135 Å². The van der Waals surface area contributed by atoms with Gasteiger partial charge in [-0.15, -0.1) is 0 Å². The fraction of sp³-hybridized carbons (Fsp3) is 0.267. The molecule has 7 heteroatoms. The second-order valence-electron chi connectivity index (χ2n) is 5.22. The molecule has 0 bridgehead atoms. The second-order valence-corrected chi connectivity index (χ2v) is 6.00. The van der Waals surface area contributed by atoms with Gasteiger partial charge >= 0.3 is 5.97 Å². The van der Waals surface area contributed by atoms with Crippen LogP contribution in [0.3, 0.4) is 0 Å². The molecule has 1 atom stereocenters. The van der Waals surface area contributed by atoms with Crippen LogP contribution in [0.2, 0.25) is 10.0 Å². The van der Waals surface area contributed by atoms with Crippen molar-refractivity contribution in [1.29, 1.82) is 0 Å². The number of nitrogens with zero attached hydrogens (tertiary/aromatic N) is 1. The van der Waals surface area contributed by atoms with Crippen molar-refractivity contribution < 1.29 is 14.7 Å². The summed E-state index contributed by atoms with van der Waals surface area (Å²) in [6, 6.07) is 1.12. The van der Waals surface area contributed by atoms with Crippen LogP contribution in [-0.2, 0) is 0 Å². The monoisotopic (exact) mass is 339 g/mol. The molecular formula is C15H11Cl2NO4. The Kier molecular flexibility index (Phi) is 3.50. The van der Waals surface area contributed by atoms with Crippen LogP contribution in [0.25, 0.3) is 10.9 Å². The van der Waals surface area contributed by atoms with Gasteiger partial charge in [-0.05, 0) is 12.5 Å². The number of hydrogen-bond acceptors (Lipinski definition) is 3. The van der Waals surface area contributed by atoms with Crippen molar-refractivity contribution >= 4 is 45.9 Å². The van der Waals surface area contributed by atoms with E-state index in [1.165, 1.54) is 12.3 Å². The van der Waals surface area contributed by atoms with Crippen LogP contribution < -0.4 is 5.43 Å². The molecule has 1 aromatic carbocycles. The average Bonchev–Trinajstić information content (AvgIpc) is 2.47. The summed E-state index contributed by atoms with van der Waals surface area (Å²) in [7, 11) is 0. The van der Waals surface area contributed by atoms with Gasteiger partial charge in [0.2, 0.25) is 5.43 Å². The number of pyridine rings is 1. The topological polar surface area (TPSA) is 76.4 Å². The number of carboxylic acid groups (broad SMARTS) is 1. The van der Waals surface area contributed by atoms with Crippen molar-refractivity contribution in [2.75, 3.05) is 0 Å². The van der Waals surface area contributed by atoms with Gasteiger partial charge in [0.15, 0.2) is 5.78 Å². The molecule has 1 aliphatic rings. The first-order chi connectivity index (χ1) is 10.4. The van der Waals surface area contributed by atoms with E-state index in [2.05, 4.69) is 0 Å². The number of Topliss-reactive ketones (excluding diaryl/α,β-unsaturated/α-hetero) is 1. The number of carbonyl (C=O) groups is 2. The Morgan fingerprint density at radius 3 is 2.68 bits per heavy atom. The fourth-order valence-electron chi connectivity index (χ4n) is 2.92. The average molecular weight is 340 g/mol. The molecule has 22 heavy (non-hydrogen) atoms. The molecule has 0 fully saturated rings. The van der Waals surface area contributed by atoms with Crippen LogP contribution in [0, 0.1) is 0 Å². The number of halogens is 2. The predicted molar refractivity (Wildman–Crippen MR) is 83.5 cm³/mol. The van der Waals surface area contributed by atoms with Crippen LogP contribution in [0.5, 0.6) is 0 Å². The normalized spacial score (nSPS) is 17.0. The molecule has 2 aromatic rings. The summed E-state index contributed by atoms with van der Waals surface area (Å²) in [6.45, 7) is 1.89. The zero-order valence-electron chi connectivity index (χ0n) is 11.5. The highest BCUT2D eigenvalue weighted by Crippen LogP contribution is 2.39. The van der Waals surface area contributed by atoms with Crippen LogP contribution in [-0.4, -0.2) is 21.4 Å². The fourth-order valence-corrected chi connectivity index (χ4v) is 3.37. The van der Waals surface area contributed by atoms with E-state index in [0.717, 1.165) is 0 Å². The summed E-state index contributed by atoms with van der Waals surface area (Å²) in [5.41, 5.74) is -0.442. The minimum Gasteiger partial charge on any atom is -0.477 e. The van der Waals surface area contributed by atoms with Crippen LogP contribution in [0.1, 0.15) is 46.5 Å². The number of hydrogen-bond donors (Lipinski definition) is 1. The number of aromatic nitrogens is 1. The van der Waals surface area contributed by atoms with Crippen molar-refractivity contribution in [1.82, 2.24) is 4.57 Å². The minimum atomic E-state index is -1.31. The van der Waals surface area contributed by atoms with Gasteiger partial charge in [-0.25, -0.2) is 4.79 Å². The number of carbonyl (C=O) groups excluding carboxylic acids is 1. The van der Waals surface area contributed by atoms with Crippen molar-refractivity contribution in [3.8, 4) is 0 Å². The second kappa shape index (κ2) is 5.11. The molecule has 1 N–H and O–H groups in total. The molecule has 0 aliphatic carbocycles. The molecule has 1 unspecified atom stereocenters. The van der Waals surface area contributed by atoms with E-state index in [9.17, 15) is 19.5 Å². The summed E-state index contributed by atoms with van der Waals surface area (Å²) < 4.78 is 1.67. The van der Waals surface area contributed by atoms with Gasteiger partial charge in [-0.2, -0.15) is 0 Å². The highest BCUT2D eigenvalue weighted by atomic mass is 35.5. The summed E-state index contributed by atoms with van der Waals surface area (Å²) in [6.07, 6.45) is 2.12. The standard InChI is InChI=1S/C15H11Cl2NO4/c1-2-6-3-10(19)11-12(17)9(16)4-7-13(11)18(6)5-8(14(7)20)15(21)22/h4-6H,2-3H2,1H3,(H,21,22). The molecule has 0 saturated heterocycles. The Bertz CT molecular complexity index is 901. The maximum Gasteiger partial charge on any atom is 0.341 e. The SMILES string of the molecule is CCC1CC(=O)c2c(Cl)c(Cl)cc3c(=O)c(C(=O)O)cn1c23. The number of carboxylic acids is 1. The van der Waals surface area contributed by atoms with Crippen molar-refractivity contribution in [2.24, 2.45) is 0 Å². The molecule has 3 rings (SSSR count). The molecule has 2 heterocycles. The third-order valence-corrected chi connectivity index (χ3v) is 4.79. The van der Waals surface area contributed by atoms with Gasteiger partial charge in [0.05, 0.1) is 21.1 Å². The van der Waals surface area contributed by atoms with Crippen LogP contribution in [0.15, 0.2) is 17.1 Å². The van der Waals surface area contributed by atoms with Crippen LogP contribution >= 0.6 is 23.2 Å². The minimum absolute atomic E-state index is 0.0682. The molecule has 1 aliphatic heterocycles. The quantitative estimate of drug-likeness (QED) is 0.907. The van der Waals surface area contributed by atoms with Gasteiger partial charge in [-0.3, -0.25) is 9.59 Å². The van der Waals surface area contributed by atoms with Gasteiger partial charge in [-0.1, -0.05) is 30.1 Å². The maximum absolute atomic E-state index is 12.4. The lowest BCUT2D eigenvalue weighted by molar-refractivity contribution is 0.0694. The molecule has 0 spiro atoms. The Balaban J connectivity index is 2.59. The Morgan fingerprint density at radius 1 is 1.41 bits per heavy atom. The van der Waals surface area contributed by atoms with Crippen molar-refractivity contribution in [3.05, 3.63) is 43.7 Å². The predicted octanol–water partition coefficient (Wildman–Crippen LogP) is 3.54. The third kappa shape index (κ3) is 1.96. The summed E-state index contributed by atoms with van der Waals surface area (Å²) >= 11 is 12.1. The van der Waals surface area contributed by atoms with E-state index >= 15 is 0 Å². The van der Waals surface area contributed by atoms with Gasteiger partial charge in [0.25, 0.3) is 0 Å². The number of aromatic carboxylic acids is 1. The summed E-state index contributed by atoms with van der Waals surface area (Å²) in [5, 5.41) is 9.51. The van der Waals surface area contributed by atoms with E-state index in [1.807, 2.05) is 6.92 Å². The molecule has 5 nitrogen and oxygen atoms in total. The molecule has 114 valence electrons. The lowest BCUT2D eigenvalue weighted by Gasteiger charge is -2.28. The van der Waals surface area contributed by atoms with E-state index in [1.54, 1.807) is 4.57 Å². The zero-order chi connectivity index (χ0) is 16.2. The largest absolute Gasteiger partial charge is 0.477 e. The number of rotatable bonds is 2. The van der Waals surface area contributed by atoms with E-state index < -0.39 is 11.4 Å². The molecule has 1 aromatic heterocycles. The van der Waals surface area contributed by atoms with Crippen LogP contribution in [0.4, 0.5) is 0 Å². The van der Waals surface area contributed by atoms with Gasteiger partial charge < -0.3 is 9.67 Å². The van der Waals surface area contributed by atoms with Crippen molar-refractivity contribution in [2.45, 2.75) is 25.8 Å². The molecule has 0 saturated carbocycles. The third-order valence-electron chi connectivity index (χ3n) is 4.00. The smallest absolute Gasteiger partial charge is 0.341 e. The van der Waals surface area contributed by atoms with E-state index in [4.69, 9.17) is 23.2 Å². The van der Waals surface area contributed by atoms with Crippen molar-refractivity contribution in [3.63, 3.8) is 0 Å². The number of benzene rings is 1. The van der Waals surface area contributed by atoms with E-state index in [-0.39, 0.29) is 44.8 Å². The van der Waals surface area contributed by atoms with Gasteiger partial charge in [0, 0.05) is 24.0 Å². The Hall–Kier alpha value is -1.85. The maximum atomic E-state index is 12.4. The van der Waals surface area contributed by atoms with E-state index in [0.29, 0.717) is 11.9 Å². The summed E-state index contributed by atoms with van der Waals surface area (Å²) in [4.78, 5) is 36.1. The lowest BCUT2D eigenvalue weighted by Crippen LogP contribution is -2.27. The number of ketones is 1. The highest BCUT2D eigenvalue weighted by molar-refractivity contribution is 6.45. The first-order valence-electron chi connectivity index (χ1n) is 6.70. The lowest BCUT2D eigenvalue weighted by atomic mass is 9.93. The first kappa shape index (κ1) is 15.1.